The number of ether oxygens (including phenoxy) is 1. The quantitative estimate of drug-likeness (QED) is 0.528. The summed E-state index contributed by atoms with van der Waals surface area (Å²) >= 11 is 2.85. The first-order valence-corrected chi connectivity index (χ1v) is 9.58. The van der Waals surface area contributed by atoms with Gasteiger partial charge in [0.25, 0.3) is 5.91 Å². The highest BCUT2D eigenvalue weighted by atomic mass is 32.2. The summed E-state index contributed by atoms with van der Waals surface area (Å²) in [4.78, 5) is 12.5. The molecule has 0 saturated carbocycles. The molecular weight excluding hydrogens is 342 g/mol. The number of nitrogens with one attached hydrogen (secondary N) is 1. The number of hydrogen-bond acceptors (Lipinski definition) is 6. The maximum atomic E-state index is 12.5. The number of aromatic nitrogens is 2. The molecule has 0 aliphatic heterocycles. The molecule has 1 heterocycles. The fourth-order valence-electron chi connectivity index (χ4n) is 2.30. The minimum atomic E-state index is -0.586. The monoisotopic (exact) mass is 359 g/mol. The number of rotatable bonds is 6. The molecule has 0 aliphatic carbocycles. The van der Waals surface area contributed by atoms with Gasteiger partial charge in [0.2, 0.25) is 5.13 Å². The zero-order valence-electron chi connectivity index (χ0n) is 13.4. The summed E-state index contributed by atoms with van der Waals surface area (Å²) in [5.41, 5.74) is 0. The Bertz CT molecular complexity index is 845. The van der Waals surface area contributed by atoms with Gasteiger partial charge < -0.3 is 4.74 Å². The fraction of sp³-hybridized carbons (Fsp3) is 0.235. The van der Waals surface area contributed by atoms with Gasteiger partial charge in [-0.25, -0.2) is 0 Å². The Kier molecular flexibility index (Phi) is 5.32. The number of nitrogens with zero attached hydrogens (tertiary/aromatic N) is 2. The normalized spacial score (nSPS) is 12.1. The Morgan fingerprint density at radius 3 is 2.79 bits per heavy atom. The molecule has 0 fully saturated rings. The van der Waals surface area contributed by atoms with E-state index in [9.17, 15) is 4.79 Å². The molecule has 0 spiro atoms. The number of amides is 1. The molecule has 0 radical (unpaired) electrons. The molecule has 5 nitrogen and oxygen atoms in total. The Balaban J connectivity index is 1.77. The molecular formula is C17H17N3O2S2. The SMILES string of the molecule is CC[C@H](Oc1cccc2ccccc12)C(=O)Nc1nnc(SC)s1. The second-order valence-corrected chi connectivity index (χ2v) is 7.09. The van der Waals surface area contributed by atoms with Crippen LogP contribution < -0.4 is 10.1 Å². The van der Waals surface area contributed by atoms with Crippen LogP contribution in [0.4, 0.5) is 5.13 Å². The molecule has 1 atom stereocenters. The maximum absolute atomic E-state index is 12.5. The lowest BCUT2D eigenvalue weighted by Crippen LogP contribution is -2.32. The van der Waals surface area contributed by atoms with E-state index in [1.807, 2.05) is 55.6 Å². The van der Waals surface area contributed by atoms with Crippen molar-refractivity contribution in [1.82, 2.24) is 10.2 Å². The summed E-state index contributed by atoms with van der Waals surface area (Å²) in [6, 6.07) is 13.8. The maximum Gasteiger partial charge on any atom is 0.267 e. The topological polar surface area (TPSA) is 64.1 Å². The molecule has 3 rings (SSSR count). The predicted octanol–water partition coefficient (Wildman–Crippen LogP) is 4.21. The largest absolute Gasteiger partial charge is 0.480 e. The molecule has 7 heteroatoms. The van der Waals surface area contributed by atoms with Crippen LogP contribution in [0.1, 0.15) is 13.3 Å². The number of hydrogen-bond donors (Lipinski definition) is 1. The number of carbonyl (C=O) groups excluding carboxylic acids is 1. The van der Waals surface area contributed by atoms with Crippen molar-refractivity contribution in [2.75, 3.05) is 11.6 Å². The number of carbonyl (C=O) groups is 1. The van der Waals surface area contributed by atoms with Gasteiger partial charge >= 0.3 is 0 Å². The van der Waals surface area contributed by atoms with E-state index in [0.717, 1.165) is 15.1 Å². The molecule has 1 aromatic heterocycles. The van der Waals surface area contributed by atoms with Gasteiger partial charge in [-0.3, -0.25) is 10.1 Å². The van der Waals surface area contributed by atoms with Gasteiger partial charge in [0.05, 0.1) is 0 Å². The summed E-state index contributed by atoms with van der Waals surface area (Å²) in [5.74, 6) is 0.492. The smallest absolute Gasteiger partial charge is 0.267 e. The van der Waals surface area contributed by atoms with Crippen LogP contribution in [-0.4, -0.2) is 28.5 Å². The Hall–Kier alpha value is -2.12. The first-order chi connectivity index (χ1) is 11.7. The van der Waals surface area contributed by atoms with Gasteiger partial charge in [0, 0.05) is 5.39 Å². The standard InChI is InChI=1S/C17H17N3O2S2/c1-3-13(15(21)18-16-19-20-17(23-2)24-16)22-14-10-6-8-11-7-4-5-9-12(11)14/h4-10,13H,3H2,1-2H3,(H,18,19,21)/t13-/m0/s1. The van der Waals surface area contributed by atoms with E-state index >= 15 is 0 Å². The molecule has 1 amide bonds. The minimum Gasteiger partial charge on any atom is -0.480 e. The van der Waals surface area contributed by atoms with Crippen molar-refractivity contribution in [1.29, 1.82) is 0 Å². The fourth-order valence-corrected chi connectivity index (χ4v) is 3.48. The van der Waals surface area contributed by atoms with Gasteiger partial charge in [-0.2, -0.15) is 0 Å². The van der Waals surface area contributed by atoms with E-state index in [1.165, 1.54) is 23.1 Å². The van der Waals surface area contributed by atoms with Crippen LogP contribution in [0, 0.1) is 0 Å². The minimum absolute atomic E-state index is 0.214. The highest BCUT2D eigenvalue weighted by Crippen LogP contribution is 2.27. The van der Waals surface area contributed by atoms with Crippen LogP contribution in [0.5, 0.6) is 5.75 Å². The van der Waals surface area contributed by atoms with Crippen LogP contribution in [-0.2, 0) is 4.79 Å². The third-order valence-electron chi connectivity index (χ3n) is 3.49. The molecule has 0 saturated heterocycles. The van der Waals surface area contributed by atoms with Crippen molar-refractivity contribution in [3.63, 3.8) is 0 Å². The highest BCUT2D eigenvalue weighted by Gasteiger charge is 2.21. The van der Waals surface area contributed by atoms with E-state index in [0.29, 0.717) is 17.3 Å². The van der Waals surface area contributed by atoms with Gasteiger partial charge in [0.1, 0.15) is 5.75 Å². The third kappa shape index (κ3) is 3.68. The first kappa shape index (κ1) is 16.7. The molecule has 2 aromatic carbocycles. The lowest BCUT2D eigenvalue weighted by Gasteiger charge is -2.17. The average molecular weight is 359 g/mol. The zero-order valence-corrected chi connectivity index (χ0v) is 15.0. The van der Waals surface area contributed by atoms with Crippen LogP contribution >= 0.6 is 23.1 Å². The van der Waals surface area contributed by atoms with Crippen LogP contribution in [0.3, 0.4) is 0 Å². The first-order valence-electron chi connectivity index (χ1n) is 7.54. The summed E-state index contributed by atoms with van der Waals surface area (Å²) in [6.07, 6.45) is 1.89. The molecule has 3 aromatic rings. The van der Waals surface area contributed by atoms with Crippen molar-refractivity contribution in [3.8, 4) is 5.75 Å². The number of fused-ring (bicyclic) bond motifs is 1. The molecule has 0 bridgehead atoms. The summed E-state index contributed by atoms with van der Waals surface area (Å²) in [7, 11) is 0. The molecule has 1 N–H and O–H groups in total. The lowest BCUT2D eigenvalue weighted by atomic mass is 10.1. The van der Waals surface area contributed by atoms with Crippen LogP contribution in [0.15, 0.2) is 46.8 Å². The average Bonchev–Trinajstić information content (AvgIpc) is 3.07. The number of anilines is 1. The Labute approximate surface area is 148 Å². The van der Waals surface area contributed by atoms with Crippen molar-refractivity contribution in [2.45, 2.75) is 23.8 Å². The number of benzene rings is 2. The van der Waals surface area contributed by atoms with Gasteiger partial charge in [-0.15, -0.1) is 10.2 Å². The van der Waals surface area contributed by atoms with E-state index in [1.54, 1.807) is 0 Å². The molecule has 24 heavy (non-hydrogen) atoms. The Morgan fingerprint density at radius 1 is 1.25 bits per heavy atom. The second kappa shape index (κ2) is 7.63. The van der Waals surface area contributed by atoms with Crippen molar-refractivity contribution in [2.24, 2.45) is 0 Å². The molecule has 0 aliphatic rings. The second-order valence-electron chi connectivity index (χ2n) is 5.06. The van der Waals surface area contributed by atoms with E-state index in [-0.39, 0.29) is 5.91 Å². The van der Waals surface area contributed by atoms with Crippen LogP contribution in [0.25, 0.3) is 10.8 Å². The summed E-state index contributed by atoms with van der Waals surface area (Å²) < 4.78 is 6.80. The summed E-state index contributed by atoms with van der Waals surface area (Å²) in [6.45, 7) is 1.92. The van der Waals surface area contributed by atoms with Crippen molar-refractivity contribution in [3.05, 3.63) is 42.5 Å². The van der Waals surface area contributed by atoms with E-state index in [4.69, 9.17) is 4.74 Å². The lowest BCUT2D eigenvalue weighted by molar-refractivity contribution is -0.122. The van der Waals surface area contributed by atoms with Crippen molar-refractivity contribution >= 4 is 44.9 Å². The van der Waals surface area contributed by atoms with Crippen LogP contribution in [0.2, 0.25) is 0 Å². The van der Waals surface area contributed by atoms with Gasteiger partial charge in [-0.05, 0) is 24.1 Å². The zero-order chi connectivity index (χ0) is 16.9. The van der Waals surface area contributed by atoms with Gasteiger partial charge in [-0.1, -0.05) is 66.4 Å². The highest BCUT2D eigenvalue weighted by molar-refractivity contribution is 8.00. The van der Waals surface area contributed by atoms with E-state index < -0.39 is 6.10 Å². The molecule has 124 valence electrons. The van der Waals surface area contributed by atoms with Gasteiger partial charge in [0.15, 0.2) is 10.4 Å². The third-order valence-corrected chi connectivity index (χ3v) is 5.31. The predicted molar refractivity (Wildman–Crippen MR) is 99.0 cm³/mol. The summed E-state index contributed by atoms with van der Waals surface area (Å²) in [5, 5.41) is 13.3. The Morgan fingerprint density at radius 2 is 2.04 bits per heavy atom. The molecule has 0 unspecified atom stereocenters. The number of thioether (sulfide) groups is 1. The van der Waals surface area contributed by atoms with Crippen molar-refractivity contribution < 1.29 is 9.53 Å². The van der Waals surface area contributed by atoms with E-state index in [2.05, 4.69) is 15.5 Å².